The number of amides is 2. The van der Waals surface area contributed by atoms with Gasteiger partial charge in [0.15, 0.2) is 0 Å². The first-order chi connectivity index (χ1) is 6.13. The second kappa shape index (κ2) is 11.7. The van der Waals surface area contributed by atoms with Gasteiger partial charge in [0.25, 0.3) is 0 Å². The van der Waals surface area contributed by atoms with Gasteiger partial charge in [-0.25, -0.2) is 0 Å². The van der Waals surface area contributed by atoms with Gasteiger partial charge in [0.1, 0.15) is 0 Å². The van der Waals surface area contributed by atoms with Crippen LogP contribution in [0, 0.1) is 0 Å². The molecular formula is C9H18KN2O2. The van der Waals surface area contributed by atoms with Crippen LogP contribution in [0.3, 0.4) is 0 Å². The first-order valence-electron chi connectivity index (χ1n) is 4.69. The maximum absolute atomic E-state index is 10.3. The standard InChI is InChI=1S/C9H18N2O2.K/c10-8(12)6-4-2-1-3-5-7-9(11)13;/h1-7H2,(H2,10,12)(H2,11,13);. The van der Waals surface area contributed by atoms with Crippen LogP contribution < -0.4 is 11.5 Å². The summed E-state index contributed by atoms with van der Waals surface area (Å²) in [4.78, 5) is 20.7. The summed E-state index contributed by atoms with van der Waals surface area (Å²) in [5.41, 5.74) is 9.95. The minimum atomic E-state index is -0.239. The fourth-order valence-corrected chi connectivity index (χ4v) is 1.13. The summed E-state index contributed by atoms with van der Waals surface area (Å²) in [5, 5.41) is 0. The summed E-state index contributed by atoms with van der Waals surface area (Å²) in [6, 6.07) is 0. The molecule has 0 spiro atoms. The molecule has 4 N–H and O–H groups in total. The number of carbonyl (C=O) groups is 2. The van der Waals surface area contributed by atoms with E-state index in [1.54, 1.807) is 0 Å². The minimum absolute atomic E-state index is 0. The molecule has 0 atom stereocenters. The second-order valence-corrected chi connectivity index (χ2v) is 3.20. The van der Waals surface area contributed by atoms with Gasteiger partial charge in [-0.3, -0.25) is 9.59 Å². The molecule has 1 radical (unpaired) electrons. The molecule has 0 aliphatic rings. The fourth-order valence-electron chi connectivity index (χ4n) is 1.13. The van der Waals surface area contributed by atoms with Crippen LogP contribution in [0.4, 0.5) is 0 Å². The van der Waals surface area contributed by atoms with Crippen LogP contribution in [-0.4, -0.2) is 63.2 Å². The summed E-state index contributed by atoms with van der Waals surface area (Å²) >= 11 is 0. The van der Waals surface area contributed by atoms with Crippen LogP contribution in [0.5, 0.6) is 0 Å². The zero-order valence-corrected chi connectivity index (χ0v) is 12.0. The summed E-state index contributed by atoms with van der Waals surface area (Å²) in [6.07, 6.45) is 5.69. The molecule has 2 amide bonds. The van der Waals surface area contributed by atoms with Gasteiger partial charge in [-0.15, -0.1) is 0 Å². The van der Waals surface area contributed by atoms with Crippen LogP contribution in [0.1, 0.15) is 44.9 Å². The van der Waals surface area contributed by atoms with Crippen LogP contribution in [0.2, 0.25) is 0 Å². The molecule has 0 unspecified atom stereocenters. The maximum atomic E-state index is 10.3. The van der Waals surface area contributed by atoms with Crippen LogP contribution >= 0.6 is 0 Å². The van der Waals surface area contributed by atoms with Crippen molar-refractivity contribution >= 4 is 63.2 Å². The SMILES string of the molecule is NC(=O)CCCCCCCC(N)=O.[K]. The summed E-state index contributed by atoms with van der Waals surface area (Å²) in [6.45, 7) is 0. The Bertz CT molecular complexity index is 156. The Balaban J connectivity index is 0. The van der Waals surface area contributed by atoms with E-state index in [2.05, 4.69) is 0 Å². The molecule has 0 aliphatic heterocycles. The summed E-state index contributed by atoms with van der Waals surface area (Å²) in [5.74, 6) is -0.478. The van der Waals surface area contributed by atoms with Crippen molar-refractivity contribution in [3.05, 3.63) is 0 Å². The third-order valence-electron chi connectivity index (χ3n) is 1.85. The molecule has 0 aromatic heterocycles. The van der Waals surface area contributed by atoms with Gasteiger partial charge >= 0.3 is 0 Å². The average molecular weight is 225 g/mol. The molecule has 0 saturated carbocycles. The third kappa shape index (κ3) is 15.1. The smallest absolute Gasteiger partial charge is 0.217 e. The Labute approximate surface area is 128 Å². The number of primary amides is 2. The van der Waals surface area contributed by atoms with E-state index in [4.69, 9.17) is 11.5 Å². The molecule has 0 aliphatic carbocycles. The predicted octanol–water partition coefficient (Wildman–Crippen LogP) is 0.307. The quantitative estimate of drug-likeness (QED) is 0.460. The van der Waals surface area contributed by atoms with E-state index >= 15 is 0 Å². The van der Waals surface area contributed by atoms with E-state index in [1.807, 2.05) is 0 Å². The Hall–Kier alpha value is 0.576. The number of hydrogen-bond acceptors (Lipinski definition) is 2. The number of unbranched alkanes of at least 4 members (excludes halogenated alkanes) is 4. The van der Waals surface area contributed by atoms with E-state index < -0.39 is 0 Å². The van der Waals surface area contributed by atoms with Crippen molar-refractivity contribution in [1.82, 2.24) is 0 Å². The number of carbonyl (C=O) groups excluding carboxylic acids is 2. The minimum Gasteiger partial charge on any atom is -0.370 e. The number of rotatable bonds is 8. The van der Waals surface area contributed by atoms with Crippen molar-refractivity contribution in [3.8, 4) is 0 Å². The Morgan fingerprint density at radius 2 is 1.00 bits per heavy atom. The fraction of sp³-hybridized carbons (Fsp3) is 0.778. The van der Waals surface area contributed by atoms with Crippen molar-refractivity contribution in [2.24, 2.45) is 11.5 Å². The molecule has 0 rings (SSSR count). The molecule has 77 valence electrons. The third-order valence-corrected chi connectivity index (χ3v) is 1.85. The van der Waals surface area contributed by atoms with Crippen LogP contribution in [0.25, 0.3) is 0 Å². The Morgan fingerprint density at radius 3 is 1.29 bits per heavy atom. The average Bonchev–Trinajstić information content (AvgIpc) is 2.01. The molecule has 4 nitrogen and oxygen atoms in total. The van der Waals surface area contributed by atoms with Crippen LogP contribution in [0.15, 0.2) is 0 Å². The molecule has 5 heteroatoms. The van der Waals surface area contributed by atoms with Gasteiger partial charge < -0.3 is 11.5 Å². The van der Waals surface area contributed by atoms with Gasteiger partial charge in [-0.2, -0.15) is 0 Å². The zero-order chi connectivity index (χ0) is 10.1. The molecular weight excluding hydrogens is 207 g/mol. The van der Waals surface area contributed by atoms with E-state index in [0.717, 1.165) is 32.1 Å². The maximum Gasteiger partial charge on any atom is 0.217 e. The van der Waals surface area contributed by atoms with Gasteiger partial charge in [0.2, 0.25) is 11.8 Å². The molecule has 0 aromatic rings. The number of nitrogens with two attached hydrogens (primary N) is 2. The second-order valence-electron chi connectivity index (χ2n) is 3.20. The monoisotopic (exact) mass is 225 g/mol. The van der Waals surface area contributed by atoms with Crippen molar-refractivity contribution in [2.45, 2.75) is 44.9 Å². The molecule has 0 heterocycles. The van der Waals surface area contributed by atoms with Crippen LogP contribution in [-0.2, 0) is 9.59 Å². The first-order valence-corrected chi connectivity index (χ1v) is 4.69. The van der Waals surface area contributed by atoms with Gasteiger partial charge in [-0.05, 0) is 12.8 Å². The van der Waals surface area contributed by atoms with E-state index in [1.165, 1.54) is 0 Å². The normalized spacial score (nSPS) is 9.14. The topological polar surface area (TPSA) is 86.2 Å². The van der Waals surface area contributed by atoms with Crippen molar-refractivity contribution in [2.75, 3.05) is 0 Å². The number of hydrogen-bond donors (Lipinski definition) is 2. The van der Waals surface area contributed by atoms with Crippen molar-refractivity contribution in [3.63, 3.8) is 0 Å². The van der Waals surface area contributed by atoms with Crippen molar-refractivity contribution < 1.29 is 9.59 Å². The molecule has 0 fully saturated rings. The van der Waals surface area contributed by atoms with Gasteiger partial charge in [0.05, 0.1) is 0 Å². The Kier molecular flexibility index (Phi) is 14.1. The Morgan fingerprint density at radius 1 is 0.714 bits per heavy atom. The summed E-state index contributed by atoms with van der Waals surface area (Å²) in [7, 11) is 0. The molecule has 0 aromatic carbocycles. The van der Waals surface area contributed by atoms with Crippen molar-refractivity contribution in [1.29, 1.82) is 0 Å². The zero-order valence-electron chi connectivity index (χ0n) is 8.92. The van der Waals surface area contributed by atoms with E-state index in [9.17, 15) is 9.59 Å². The largest absolute Gasteiger partial charge is 0.370 e. The summed E-state index contributed by atoms with van der Waals surface area (Å²) < 4.78 is 0. The predicted molar refractivity (Wildman–Crippen MR) is 56.5 cm³/mol. The molecule has 0 saturated heterocycles. The van der Waals surface area contributed by atoms with E-state index in [-0.39, 0.29) is 63.2 Å². The van der Waals surface area contributed by atoms with Gasteiger partial charge in [0, 0.05) is 64.2 Å². The van der Waals surface area contributed by atoms with Gasteiger partial charge in [-0.1, -0.05) is 19.3 Å². The first kappa shape index (κ1) is 17.0. The molecule has 14 heavy (non-hydrogen) atoms. The van der Waals surface area contributed by atoms with E-state index in [0.29, 0.717) is 12.8 Å². The molecule has 0 bridgehead atoms.